The summed E-state index contributed by atoms with van der Waals surface area (Å²) in [5.74, 6) is -1.77. The number of rotatable bonds is 4. The number of amides is 2. The molecule has 0 bridgehead atoms. The molecule has 1 unspecified atom stereocenters. The van der Waals surface area contributed by atoms with E-state index in [1.165, 1.54) is 11.8 Å². The minimum atomic E-state index is -1.00. The molecule has 0 aromatic heterocycles. The molecule has 1 aliphatic rings. The molecule has 6 nitrogen and oxygen atoms in total. The molecular formula is C13H14N2O4. The maximum atomic E-state index is 12.1. The van der Waals surface area contributed by atoms with Crippen molar-refractivity contribution in [3.8, 4) is 0 Å². The summed E-state index contributed by atoms with van der Waals surface area (Å²) in [6, 6.07) is 5.80. The van der Waals surface area contributed by atoms with Crippen molar-refractivity contribution >= 4 is 17.8 Å². The zero-order chi connectivity index (χ0) is 14.2. The van der Waals surface area contributed by atoms with Crippen LogP contribution in [0.3, 0.4) is 0 Å². The van der Waals surface area contributed by atoms with E-state index in [0.29, 0.717) is 11.1 Å². The molecule has 100 valence electrons. The van der Waals surface area contributed by atoms with Gasteiger partial charge in [0.1, 0.15) is 6.04 Å². The van der Waals surface area contributed by atoms with Crippen molar-refractivity contribution in [2.75, 3.05) is 13.7 Å². The van der Waals surface area contributed by atoms with E-state index in [4.69, 9.17) is 5.11 Å². The summed E-state index contributed by atoms with van der Waals surface area (Å²) in [5.41, 5.74) is 0.729. The summed E-state index contributed by atoms with van der Waals surface area (Å²) in [4.78, 5) is 37.5. The number of hydrogen-bond donors (Lipinski definition) is 1. The summed E-state index contributed by atoms with van der Waals surface area (Å²) >= 11 is 0. The second-order valence-electron chi connectivity index (χ2n) is 4.50. The Labute approximate surface area is 110 Å². The number of benzene rings is 1. The van der Waals surface area contributed by atoms with Crippen LogP contribution in [0.25, 0.3) is 0 Å². The minimum Gasteiger partial charge on any atom is -0.480 e. The number of hydrogen-bond acceptors (Lipinski definition) is 4. The average Bonchev–Trinajstić information content (AvgIpc) is 2.63. The normalized spacial score (nSPS) is 15.8. The van der Waals surface area contributed by atoms with Crippen molar-refractivity contribution in [1.82, 2.24) is 9.80 Å². The Morgan fingerprint density at radius 2 is 1.74 bits per heavy atom. The third-order valence-corrected chi connectivity index (χ3v) is 3.26. The van der Waals surface area contributed by atoms with Crippen molar-refractivity contribution < 1.29 is 19.5 Å². The fraction of sp³-hybridized carbons (Fsp3) is 0.308. The van der Waals surface area contributed by atoms with E-state index in [9.17, 15) is 14.4 Å². The van der Waals surface area contributed by atoms with Gasteiger partial charge >= 0.3 is 5.97 Å². The summed E-state index contributed by atoms with van der Waals surface area (Å²) in [5, 5.41) is 8.90. The monoisotopic (exact) mass is 262 g/mol. The third kappa shape index (κ3) is 2.22. The quantitative estimate of drug-likeness (QED) is 0.806. The minimum absolute atomic E-state index is 0.0419. The SMILES string of the molecule is CC(C(=O)O)N(C)CN1C(=O)c2ccccc2C1=O. The van der Waals surface area contributed by atoms with Crippen LogP contribution in [-0.4, -0.2) is 52.4 Å². The average molecular weight is 262 g/mol. The first kappa shape index (κ1) is 13.2. The molecule has 1 aliphatic heterocycles. The highest BCUT2D eigenvalue weighted by atomic mass is 16.4. The van der Waals surface area contributed by atoms with Crippen molar-refractivity contribution in [2.45, 2.75) is 13.0 Å². The standard InChI is InChI=1S/C13H14N2O4/c1-8(13(18)19)14(2)7-15-11(16)9-5-3-4-6-10(9)12(15)17/h3-6,8H,7H2,1-2H3,(H,18,19). The van der Waals surface area contributed by atoms with E-state index in [0.717, 1.165) is 4.90 Å². The summed E-state index contributed by atoms with van der Waals surface area (Å²) in [7, 11) is 1.56. The van der Waals surface area contributed by atoms with Crippen molar-refractivity contribution in [2.24, 2.45) is 0 Å². The number of nitrogens with zero attached hydrogens (tertiary/aromatic N) is 2. The Morgan fingerprint density at radius 1 is 1.26 bits per heavy atom. The highest BCUT2D eigenvalue weighted by Gasteiger charge is 2.36. The lowest BCUT2D eigenvalue weighted by atomic mass is 10.1. The van der Waals surface area contributed by atoms with Gasteiger partial charge in [0, 0.05) is 0 Å². The lowest BCUT2D eigenvalue weighted by Gasteiger charge is -2.25. The first-order valence-corrected chi connectivity index (χ1v) is 5.81. The van der Waals surface area contributed by atoms with E-state index in [1.807, 2.05) is 0 Å². The van der Waals surface area contributed by atoms with E-state index in [1.54, 1.807) is 31.3 Å². The van der Waals surface area contributed by atoms with Crippen molar-refractivity contribution in [3.63, 3.8) is 0 Å². The number of carbonyl (C=O) groups excluding carboxylic acids is 2. The van der Waals surface area contributed by atoms with Crippen LogP contribution in [0.5, 0.6) is 0 Å². The van der Waals surface area contributed by atoms with Gasteiger partial charge in [-0.25, -0.2) is 0 Å². The molecule has 1 N–H and O–H groups in total. The molecule has 2 rings (SSSR count). The number of carbonyl (C=O) groups is 3. The van der Waals surface area contributed by atoms with E-state index in [-0.39, 0.29) is 18.5 Å². The molecule has 6 heteroatoms. The lowest BCUT2D eigenvalue weighted by molar-refractivity contribution is -0.142. The maximum absolute atomic E-state index is 12.1. The topological polar surface area (TPSA) is 77.9 Å². The predicted octanol–water partition coefficient (Wildman–Crippen LogP) is 0.645. The molecule has 0 saturated heterocycles. The van der Waals surface area contributed by atoms with Crippen LogP contribution in [0.4, 0.5) is 0 Å². The molecule has 19 heavy (non-hydrogen) atoms. The summed E-state index contributed by atoms with van der Waals surface area (Å²) in [6.07, 6.45) is 0. The number of carboxylic acids is 1. The molecule has 2 amide bonds. The molecule has 1 aromatic carbocycles. The lowest BCUT2D eigenvalue weighted by Crippen LogP contribution is -2.45. The number of aliphatic carboxylic acids is 1. The molecule has 0 fully saturated rings. The van der Waals surface area contributed by atoms with Crippen LogP contribution in [0.15, 0.2) is 24.3 Å². The Kier molecular flexibility index (Phi) is 3.35. The molecule has 0 radical (unpaired) electrons. The second kappa shape index (κ2) is 4.81. The summed E-state index contributed by atoms with van der Waals surface area (Å²) < 4.78 is 0. The van der Waals surface area contributed by atoms with E-state index >= 15 is 0 Å². The fourth-order valence-corrected chi connectivity index (χ4v) is 1.90. The first-order valence-electron chi connectivity index (χ1n) is 5.81. The highest BCUT2D eigenvalue weighted by Crippen LogP contribution is 2.22. The zero-order valence-corrected chi connectivity index (χ0v) is 10.7. The Balaban J connectivity index is 2.19. The smallest absolute Gasteiger partial charge is 0.320 e. The fourth-order valence-electron chi connectivity index (χ4n) is 1.90. The molecule has 0 saturated carbocycles. The van der Waals surface area contributed by atoms with Gasteiger partial charge in [-0.3, -0.25) is 24.2 Å². The van der Waals surface area contributed by atoms with Gasteiger partial charge in [0.2, 0.25) is 0 Å². The van der Waals surface area contributed by atoms with Crippen LogP contribution in [0.2, 0.25) is 0 Å². The Hall–Kier alpha value is -2.21. The third-order valence-electron chi connectivity index (χ3n) is 3.26. The molecule has 1 atom stereocenters. The van der Waals surface area contributed by atoms with Gasteiger partial charge in [0.05, 0.1) is 17.8 Å². The highest BCUT2D eigenvalue weighted by molar-refractivity contribution is 6.21. The first-order chi connectivity index (χ1) is 8.93. The number of imide groups is 1. The number of likely N-dealkylation sites (N-methyl/N-ethyl adjacent to an activating group) is 1. The number of fused-ring (bicyclic) bond motifs is 1. The van der Waals surface area contributed by atoms with Crippen LogP contribution >= 0.6 is 0 Å². The molecule has 0 aliphatic carbocycles. The largest absolute Gasteiger partial charge is 0.480 e. The van der Waals surface area contributed by atoms with Crippen molar-refractivity contribution in [3.05, 3.63) is 35.4 Å². The van der Waals surface area contributed by atoms with Gasteiger partial charge in [-0.2, -0.15) is 0 Å². The van der Waals surface area contributed by atoms with E-state index < -0.39 is 12.0 Å². The van der Waals surface area contributed by atoms with E-state index in [2.05, 4.69) is 0 Å². The molecule has 0 spiro atoms. The molecular weight excluding hydrogens is 248 g/mol. The van der Waals surface area contributed by atoms with Gasteiger partial charge in [-0.1, -0.05) is 12.1 Å². The molecule has 1 heterocycles. The summed E-state index contributed by atoms with van der Waals surface area (Å²) in [6.45, 7) is 1.46. The predicted molar refractivity (Wildman–Crippen MR) is 66.7 cm³/mol. The zero-order valence-electron chi connectivity index (χ0n) is 10.7. The van der Waals surface area contributed by atoms with Crippen LogP contribution in [0.1, 0.15) is 27.6 Å². The number of carboxylic acid groups (broad SMARTS) is 1. The van der Waals surface area contributed by atoms with Gasteiger partial charge in [-0.05, 0) is 26.1 Å². The second-order valence-corrected chi connectivity index (χ2v) is 4.50. The van der Waals surface area contributed by atoms with Gasteiger partial charge < -0.3 is 5.11 Å². The molecule has 1 aromatic rings. The Bertz CT molecular complexity index is 520. The van der Waals surface area contributed by atoms with Gasteiger partial charge in [-0.15, -0.1) is 0 Å². The van der Waals surface area contributed by atoms with Crippen LogP contribution in [-0.2, 0) is 4.79 Å². The maximum Gasteiger partial charge on any atom is 0.320 e. The van der Waals surface area contributed by atoms with Crippen LogP contribution in [0, 0.1) is 0 Å². The Morgan fingerprint density at radius 3 is 2.16 bits per heavy atom. The van der Waals surface area contributed by atoms with Gasteiger partial charge in [0.15, 0.2) is 0 Å². The van der Waals surface area contributed by atoms with Crippen molar-refractivity contribution in [1.29, 1.82) is 0 Å². The van der Waals surface area contributed by atoms with Crippen LogP contribution < -0.4 is 0 Å². The van der Waals surface area contributed by atoms with Gasteiger partial charge in [0.25, 0.3) is 11.8 Å².